The molecule has 1 aliphatic heterocycles. The van der Waals surface area contributed by atoms with Gasteiger partial charge >= 0.3 is 5.97 Å². The van der Waals surface area contributed by atoms with Crippen molar-refractivity contribution in [2.24, 2.45) is 5.92 Å². The second kappa shape index (κ2) is 7.73. The van der Waals surface area contributed by atoms with Gasteiger partial charge in [-0.2, -0.15) is 0 Å². The maximum Gasteiger partial charge on any atom is 0.308 e. The van der Waals surface area contributed by atoms with Crippen LogP contribution in [0.5, 0.6) is 11.5 Å². The van der Waals surface area contributed by atoms with Crippen LogP contribution in [0.25, 0.3) is 0 Å². The third kappa shape index (κ3) is 4.26. The Bertz CT molecular complexity index is 508. The Labute approximate surface area is 129 Å². The van der Waals surface area contributed by atoms with Gasteiger partial charge in [-0.1, -0.05) is 12.1 Å². The fourth-order valence-electron chi connectivity index (χ4n) is 2.16. The summed E-state index contributed by atoms with van der Waals surface area (Å²) < 4.78 is 10.6. The Morgan fingerprint density at radius 3 is 2.57 bits per heavy atom. The van der Waals surface area contributed by atoms with E-state index in [2.05, 4.69) is 0 Å². The average Bonchev–Trinajstić information content (AvgIpc) is 2.95. The number of para-hydroxylation sites is 2. The molecule has 1 atom stereocenters. The van der Waals surface area contributed by atoms with Crippen molar-refractivity contribution in [1.82, 2.24) is 4.90 Å². The van der Waals surface area contributed by atoms with Gasteiger partial charge in [-0.3, -0.25) is 9.59 Å². The molecule has 0 spiro atoms. The van der Waals surface area contributed by atoms with Gasteiger partial charge < -0.3 is 19.5 Å². The minimum Gasteiger partial charge on any atom is -0.493 e. The molecule has 0 bridgehead atoms. The number of nitrogens with zero attached hydrogens (tertiary/aromatic N) is 1. The number of ether oxygens (including phenoxy) is 2. The highest BCUT2D eigenvalue weighted by Crippen LogP contribution is 2.26. The number of amides is 1. The molecule has 1 N–H and O–H groups in total. The van der Waals surface area contributed by atoms with Crippen molar-refractivity contribution in [2.75, 3.05) is 26.8 Å². The van der Waals surface area contributed by atoms with Gasteiger partial charge in [0, 0.05) is 13.1 Å². The second-order valence-electron chi connectivity index (χ2n) is 4.60. The number of carboxylic acids is 1. The van der Waals surface area contributed by atoms with Crippen molar-refractivity contribution in [1.29, 1.82) is 0 Å². The van der Waals surface area contributed by atoms with Crippen molar-refractivity contribution in [3.05, 3.63) is 24.3 Å². The SMILES string of the molecule is COc1ccccc1OCC(=O)N1CCC(C(=O)O)C1.Cl. The van der Waals surface area contributed by atoms with Gasteiger partial charge in [0.15, 0.2) is 18.1 Å². The molecule has 21 heavy (non-hydrogen) atoms. The molecule has 116 valence electrons. The summed E-state index contributed by atoms with van der Waals surface area (Å²) in [4.78, 5) is 24.3. The lowest BCUT2D eigenvalue weighted by Crippen LogP contribution is -2.33. The van der Waals surface area contributed by atoms with Crippen LogP contribution in [-0.2, 0) is 9.59 Å². The molecule has 1 heterocycles. The van der Waals surface area contributed by atoms with Crippen LogP contribution < -0.4 is 9.47 Å². The van der Waals surface area contributed by atoms with Crippen LogP contribution >= 0.6 is 12.4 Å². The lowest BCUT2D eigenvalue weighted by Gasteiger charge is -2.16. The number of carbonyl (C=O) groups is 2. The zero-order valence-corrected chi connectivity index (χ0v) is 12.5. The summed E-state index contributed by atoms with van der Waals surface area (Å²) >= 11 is 0. The van der Waals surface area contributed by atoms with E-state index in [0.29, 0.717) is 24.5 Å². The van der Waals surface area contributed by atoms with Crippen molar-refractivity contribution in [3.8, 4) is 11.5 Å². The number of methoxy groups -OCH3 is 1. The number of carboxylic acid groups (broad SMARTS) is 1. The molecule has 1 aromatic rings. The molecule has 7 heteroatoms. The highest BCUT2D eigenvalue weighted by molar-refractivity contribution is 5.85. The van der Waals surface area contributed by atoms with Gasteiger partial charge in [-0.05, 0) is 18.6 Å². The monoisotopic (exact) mass is 315 g/mol. The molecule has 1 fully saturated rings. The average molecular weight is 316 g/mol. The molecule has 2 rings (SSSR count). The molecule has 1 aromatic carbocycles. The van der Waals surface area contributed by atoms with E-state index < -0.39 is 11.9 Å². The Morgan fingerprint density at radius 2 is 2.00 bits per heavy atom. The summed E-state index contributed by atoms with van der Waals surface area (Å²) in [5.41, 5.74) is 0. The minimum atomic E-state index is -0.856. The van der Waals surface area contributed by atoms with E-state index in [1.165, 1.54) is 12.0 Å². The quantitative estimate of drug-likeness (QED) is 0.889. The number of benzene rings is 1. The molecule has 1 unspecified atom stereocenters. The summed E-state index contributed by atoms with van der Waals surface area (Å²) in [7, 11) is 1.53. The van der Waals surface area contributed by atoms with Crippen molar-refractivity contribution < 1.29 is 24.2 Å². The van der Waals surface area contributed by atoms with E-state index in [1.54, 1.807) is 18.2 Å². The summed E-state index contributed by atoms with van der Waals surface area (Å²) in [5, 5.41) is 8.90. The molecular weight excluding hydrogens is 298 g/mol. The molecular formula is C14H18ClNO5. The minimum absolute atomic E-state index is 0. The van der Waals surface area contributed by atoms with Gasteiger partial charge in [0.25, 0.3) is 5.91 Å². The smallest absolute Gasteiger partial charge is 0.308 e. The first-order valence-corrected chi connectivity index (χ1v) is 6.38. The highest BCUT2D eigenvalue weighted by atomic mass is 35.5. The lowest BCUT2D eigenvalue weighted by atomic mass is 10.1. The van der Waals surface area contributed by atoms with E-state index >= 15 is 0 Å². The Morgan fingerprint density at radius 1 is 1.33 bits per heavy atom. The number of hydrogen-bond acceptors (Lipinski definition) is 4. The lowest BCUT2D eigenvalue weighted by molar-refractivity contribution is -0.141. The van der Waals surface area contributed by atoms with Crippen LogP contribution in [0.15, 0.2) is 24.3 Å². The van der Waals surface area contributed by atoms with Gasteiger partial charge in [0.1, 0.15) is 0 Å². The number of hydrogen-bond donors (Lipinski definition) is 1. The highest BCUT2D eigenvalue weighted by Gasteiger charge is 2.30. The zero-order chi connectivity index (χ0) is 14.5. The van der Waals surface area contributed by atoms with E-state index in [-0.39, 0.29) is 31.5 Å². The number of aliphatic carboxylic acids is 1. The maximum absolute atomic E-state index is 12.0. The third-order valence-electron chi connectivity index (χ3n) is 3.31. The number of rotatable bonds is 5. The Balaban J connectivity index is 0.00000220. The summed E-state index contributed by atoms with van der Waals surface area (Å²) in [5.74, 6) is -0.474. The first kappa shape index (κ1) is 17.1. The molecule has 1 amide bonds. The number of halogens is 1. The van der Waals surface area contributed by atoms with Gasteiger partial charge in [0.2, 0.25) is 0 Å². The van der Waals surface area contributed by atoms with Crippen molar-refractivity contribution >= 4 is 24.3 Å². The Kier molecular flexibility index (Phi) is 6.30. The maximum atomic E-state index is 12.0. The van der Waals surface area contributed by atoms with E-state index in [4.69, 9.17) is 14.6 Å². The molecule has 1 aliphatic rings. The first-order valence-electron chi connectivity index (χ1n) is 6.38. The number of carbonyl (C=O) groups excluding carboxylic acids is 1. The molecule has 0 radical (unpaired) electrons. The van der Waals surface area contributed by atoms with Crippen molar-refractivity contribution in [3.63, 3.8) is 0 Å². The fraction of sp³-hybridized carbons (Fsp3) is 0.429. The fourth-order valence-corrected chi connectivity index (χ4v) is 2.16. The Hall–Kier alpha value is -1.95. The normalized spacial score (nSPS) is 17.0. The largest absolute Gasteiger partial charge is 0.493 e. The summed E-state index contributed by atoms with van der Waals surface area (Å²) in [6, 6.07) is 7.07. The van der Waals surface area contributed by atoms with Gasteiger partial charge in [-0.15, -0.1) is 12.4 Å². The van der Waals surface area contributed by atoms with Crippen LogP contribution in [0.4, 0.5) is 0 Å². The topological polar surface area (TPSA) is 76.1 Å². The van der Waals surface area contributed by atoms with Crippen molar-refractivity contribution in [2.45, 2.75) is 6.42 Å². The predicted molar refractivity (Wildman–Crippen MR) is 78.1 cm³/mol. The van der Waals surface area contributed by atoms with Crippen LogP contribution in [0.2, 0.25) is 0 Å². The first-order chi connectivity index (χ1) is 9.61. The van der Waals surface area contributed by atoms with E-state index in [1.807, 2.05) is 6.07 Å². The van der Waals surface area contributed by atoms with E-state index in [0.717, 1.165) is 0 Å². The zero-order valence-electron chi connectivity index (χ0n) is 11.7. The molecule has 6 nitrogen and oxygen atoms in total. The molecule has 0 saturated carbocycles. The standard InChI is InChI=1S/C14H17NO5.ClH/c1-19-11-4-2-3-5-12(11)20-9-13(16)15-7-6-10(8-15)14(17)18;/h2-5,10H,6-9H2,1H3,(H,17,18);1H. The van der Waals surface area contributed by atoms with Gasteiger partial charge in [-0.25, -0.2) is 0 Å². The predicted octanol–water partition coefficient (Wildman–Crippen LogP) is 1.43. The van der Waals surface area contributed by atoms with E-state index in [9.17, 15) is 9.59 Å². The van der Waals surface area contributed by atoms with Crippen LogP contribution in [0.3, 0.4) is 0 Å². The third-order valence-corrected chi connectivity index (χ3v) is 3.31. The van der Waals surface area contributed by atoms with Crippen LogP contribution in [0, 0.1) is 5.92 Å². The second-order valence-corrected chi connectivity index (χ2v) is 4.60. The van der Waals surface area contributed by atoms with Gasteiger partial charge in [0.05, 0.1) is 13.0 Å². The summed E-state index contributed by atoms with van der Waals surface area (Å²) in [6.07, 6.45) is 0.496. The van der Waals surface area contributed by atoms with Crippen LogP contribution in [0.1, 0.15) is 6.42 Å². The summed E-state index contributed by atoms with van der Waals surface area (Å²) in [6.45, 7) is 0.598. The number of likely N-dealkylation sites (tertiary alicyclic amines) is 1. The molecule has 1 saturated heterocycles. The molecule has 0 aliphatic carbocycles. The molecule has 0 aromatic heterocycles. The van der Waals surface area contributed by atoms with Crippen LogP contribution in [-0.4, -0.2) is 48.7 Å².